The van der Waals surface area contributed by atoms with Crippen LogP contribution in [0.5, 0.6) is 0 Å². The molecule has 1 N–H and O–H groups in total. The summed E-state index contributed by atoms with van der Waals surface area (Å²) in [4.78, 5) is 16.3. The second kappa shape index (κ2) is 5.76. The van der Waals surface area contributed by atoms with Crippen molar-refractivity contribution >= 4 is 38.6 Å². The number of benzene rings is 2. The molecule has 4 nitrogen and oxygen atoms in total. The number of nitrogens with one attached hydrogen (secondary N) is 1. The number of halogens is 2. The van der Waals surface area contributed by atoms with Crippen LogP contribution in [0.2, 0.25) is 5.15 Å². The van der Waals surface area contributed by atoms with Crippen molar-refractivity contribution in [1.82, 2.24) is 19.9 Å². The fraction of sp³-hybridized carbons (Fsp3) is 0. The maximum absolute atomic E-state index is 6.09. The molecule has 4 aromatic rings. The van der Waals surface area contributed by atoms with E-state index >= 15 is 0 Å². The van der Waals surface area contributed by atoms with E-state index in [1.807, 2.05) is 42.5 Å². The summed E-state index contributed by atoms with van der Waals surface area (Å²) in [7, 11) is 0. The molecule has 0 aliphatic carbocycles. The van der Waals surface area contributed by atoms with Crippen LogP contribution in [0, 0.1) is 0 Å². The number of hydrogen-bond acceptors (Lipinski definition) is 3. The molecule has 0 amide bonds. The molecular formula is C17H10BrClN4. The first-order valence-corrected chi connectivity index (χ1v) is 8.10. The molecule has 4 rings (SSSR count). The number of fused-ring (bicyclic) bond motifs is 1. The first-order valence-electron chi connectivity index (χ1n) is 6.93. The highest BCUT2D eigenvalue weighted by molar-refractivity contribution is 9.10. The van der Waals surface area contributed by atoms with E-state index in [4.69, 9.17) is 11.6 Å². The maximum Gasteiger partial charge on any atom is 0.155 e. The van der Waals surface area contributed by atoms with Gasteiger partial charge in [0, 0.05) is 28.0 Å². The second-order valence-corrected chi connectivity index (χ2v) is 6.29. The van der Waals surface area contributed by atoms with Gasteiger partial charge in [-0.15, -0.1) is 0 Å². The standard InChI is InChI=1S/C17H10BrClN4/c18-12-5-6-13-14(9-12)23-17(22-13)11-3-1-10(2-4-11)15-16(19)21-8-7-20-15/h1-9H,(H,22,23). The van der Waals surface area contributed by atoms with Gasteiger partial charge >= 0.3 is 0 Å². The molecule has 0 spiro atoms. The largest absolute Gasteiger partial charge is 0.338 e. The van der Waals surface area contributed by atoms with Gasteiger partial charge < -0.3 is 4.98 Å². The minimum Gasteiger partial charge on any atom is -0.338 e. The Bertz CT molecular complexity index is 995. The van der Waals surface area contributed by atoms with Crippen molar-refractivity contribution in [2.45, 2.75) is 0 Å². The fourth-order valence-corrected chi connectivity index (χ4v) is 2.99. The topological polar surface area (TPSA) is 54.5 Å². The Morgan fingerprint density at radius 2 is 1.65 bits per heavy atom. The Labute approximate surface area is 145 Å². The van der Waals surface area contributed by atoms with Gasteiger partial charge in [0.25, 0.3) is 0 Å². The van der Waals surface area contributed by atoms with E-state index < -0.39 is 0 Å². The third-order valence-electron chi connectivity index (χ3n) is 3.53. The van der Waals surface area contributed by atoms with E-state index in [1.54, 1.807) is 12.4 Å². The Morgan fingerprint density at radius 3 is 2.43 bits per heavy atom. The van der Waals surface area contributed by atoms with Crippen LogP contribution >= 0.6 is 27.5 Å². The van der Waals surface area contributed by atoms with Crippen LogP contribution in [-0.2, 0) is 0 Å². The quantitative estimate of drug-likeness (QED) is 0.522. The summed E-state index contributed by atoms with van der Waals surface area (Å²) in [5.74, 6) is 0.829. The van der Waals surface area contributed by atoms with Crippen LogP contribution in [0.3, 0.4) is 0 Å². The van der Waals surface area contributed by atoms with Crippen molar-refractivity contribution in [2.75, 3.05) is 0 Å². The SMILES string of the molecule is Clc1nccnc1-c1ccc(-c2nc3ccc(Br)cc3[nH]2)cc1. The number of imidazole rings is 1. The predicted molar refractivity (Wildman–Crippen MR) is 95.3 cm³/mol. The van der Waals surface area contributed by atoms with Gasteiger partial charge in [-0.2, -0.15) is 0 Å². The van der Waals surface area contributed by atoms with Crippen molar-refractivity contribution in [2.24, 2.45) is 0 Å². The number of hydrogen-bond donors (Lipinski definition) is 1. The van der Waals surface area contributed by atoms with E-state index in [1.165, 1.54) is 0 Å². The van der Waals surface area contributed by atoms with Gasteiger partial charge in [-0.05, 0) is 18.2 Å². The van der Waals surface area contributed by atoms with Crippen molar-refractivity contribution in [3.8, 4) is 22.6 Å². The molecule has 0 saturated heterocycles. The highest BCUT2D eigenvalue weighted by Crippen LogP contribution is 2.27. The number of nitrogens with zero attached hydrogens (tertiary/aromatic N) is 3. The smallest absolute Gasteiger partial charge is 0.155 e. The van der Waals surface area contributed by atoms with Crippen LogP contribution < -0.4 is 0 Å². The zero-order valence-corrected chi connectivity index (χ0v) is 14.1. The Morgan fingerprint density at radius 1 is 0.913 bits per heavy atom. The van der Waals surface area contributed by atoms with Crippen molar-refractivity contribution in [3.05, 3.63) is 64.5 Å². The second-order valence-electron chi connectivity index (χ2n) is 5.02. The van der Waals surface area contributed by atoms with Gasteiger partial charge in [0.2, 0.25) is 0 Å². The van der Waals surface area contributed by atoms with Gasteiger partial charge in [0.15, 0.2) is 5.15 Å². The third-order valence-corrected chi connectivity index (χ3v) is 4.30. The van der Waals surface area contributed by atoms with E-state index in [9.17, 15) is 0 Å². The molecule has 0 saturated carbocycles. The molecule has 2 aromatic carbocycles. The number of H-pyrrole nitrogens is 1. The van der Waals surface area contributed by atoms with E-state index in [0.29, 0.717) is 10.8 Å². The van der Waals surface area contributed by atoms with Crippen LogP contribution in [0.15, 0.2) is 59.3 Å². The summed E-state index contributed by atoms with van der Waals surface area (Å²) >= 11 is 9.55. The lowest BCUT2D eigenvalue weighted by Gasteiger charge is -2.03. The minimum atomic E-state index is 0.397. The van der Waals surface area contributed by atoms with E-state index in [0.717, 1.165) is 32.5 Å². The van der Waals surface area contributed by atoms with E-state index in [-0.39, 0.29) is 0 Å². The molecule has 0 aliphatic rings. The monoisotopic (exact) mass is 384 g/mol. The van der Waals surface area contributed by atoms with Gasteiger partial charge in [-0.25, -0.2) is 9.97 Å². The lowest BCUT2D eigenvalue weighted by Crippen LogP contribution is -1.87. The fourth-order valence-electron chi connectivity index (χ4n) is 2.42. The number of rotatable bonds is 2. The molecular weight excluding hydrogens is 376 g/mol. The predicted octanol–water partition coefficient (Wildman–Crippen LogP) is 5.10. The van der Waals surface area contributed by atoms with Gasteiger partial charge in [0.05, 0.1) is 11.0 Å². The summed E-state index contributed by atoms with van der Waals surface area (Å²) in [5.41, 5.74) is 4.53. The Balaban J connectivity index is 1.73. The normalized spacial score (nSPS) is 11.0. The molecule has 2 heterocycles. The zero-order valence-electron chi connectivity index (χ0n) is 11.8. The highest BCUT2D eigenvalue weighted by Gasteiger charge is 2.08. The summed E-state index contributed by atoms with van der Waals surface area (Å²) in [6.07, 6.45) is 3.21. The van der Waals surface area contributed by atoms with Crippen molar-refractivity contribution < 1.29 is 0 Å². The van der Waals surface area contributed by atoms with Crippen LogP contribution in [-0.4, -0.2) is 19.9 Å². The molecule has 0 unspecified atom stereocenters. The summed E-state index contributed by atoms with van der Waals surface area (Å²) in [6, 6.07) is 13.9. The molecule has 0 atom stereocenters. The number of aromatic amines is 1. The molecule has 0 radical (unpaired) electrons. The molecule has 0 bridgehead atoms. The van der Waals surface area contributed by atoms with Crippen molar-refractivity contribution in [1.29, 1.82) is 0 Å². The summed E-state index contributed by atoms with van der Waals surface area (Å²) in [5, 5.41) is 0.397. The lowest BCUT2D eigenvalue weighted by molar-refractivity contribution is 1.20. The summed E-state index contributed by atoms with van der Waals surface area (Å²) < 4.78 is 1.02. The summed E-state index contributed by atoms with van der Waals surface area (Å²) in [6.45, 7) is 0. The van der Waals surface area contributed by atoms with Crippen LogP contribution in [0.1, 0.15) is 0 Å². The average molecular weight is 386 g/mol. The Hall–Kier alpha value is -2.24. The number of aromatic nitrogens is 4. The van der Waals surface area contributed by atoms with Crippen LogP contribution in [0.25, 0.3) is 33.7 Å². The minimum absolute atomic E-state index is 0.397. The average Bonchev–Trinajstić information content (AvgIpc) is 2.98. The first kappa shape index (κ1) is 14.4. The van der Waals surface area contributed by atoms with E-state index in [2.05, 4.69) is 35.9 Å². The first-order chi connectivity index (χ1) is 11.2. The molecule has 6 heteroatoms. The van der Waals surface area contributed by atoms with Crippen LogP contribution in [0.4, 0.5) is 0 Å². The molecule has 2 aromatic heterocycles. The lowest BCUT2D eigenvalue weighted by atomic mass is 10.1. The zero-order chi connectivity index (χ0) is 15.8. The molecule has 23 heavy (non-hydrogen) atoms. The molecule has 0 aliphatic heterocycles. The maximum atomic E-state index is 6.09. The van der Waals surface area contributed by atoms with Gasteiger partial charge in [-0.1, -0.05) is 51.8 Å². The highest BCUT2D eigenvalue weighted by atomic mass is 79.9. The van der Waals surface area contributed by atoms with Gasteiger partial charge in [-0.3, -0.25) is 4.98 Å². The molecule has 112 valence electrons. The van der Waals surface area contributed by atoms with Gasteiger partial charge in [0.1, 0.15) is 11.5 Å². The molecule has 0 fully saturated rings. The Kier molecular flexibility index (Phi) is 3.59. The van der Waals surface area contributed by atoms with Crippen molar-refractivity contribution in [3.63, 3.8) is 0 Å². The third kappa shape index (κ3) is 2.73.